The molecule has 1 atom stereocenters. The van der Waals surface area contributed by atoms with Crippen molar-refractivity contribution < 1.29 is 85.3 Å². The Bertz CT molecular complexity index is 204. The van der Waals surface area contributed by atoms with Crippen LogP contribution in [-0.2, 0) is 15.2 Å². The molecule has 0 heterocycles. The maximum absolute atomic E-state index is 9.45. The summed E-state index contributed by atoms with van der Waals surface area (Å²) in [5.74, 6) is -1.19. The minimum Gasteiger partial charge on any atom is -1.00 e. The van der Waals surface area contributed by atoms with Crippen LogP contribution in [0.25, 0.3) is 0 Å². The Morgan fingerprint density at radius 3 is 1.50 bits per heavy atom. The zero-order valence-corrected chi connectivity index (χ0v) is 10.4. The molecule has 0 aliphatic heterocycles. The fourth-order valence-corrected chi connectivity index (χ4v) is 0. The van der Waals surface area contributed by atoms with Gasteiger partial charge in [-0.05, 0) is 6.92 Å². The molecule has 9 heteroatoms. The summed E-state index contributed by atoms with van der Waals surface area (Å²) in [5, 5.41) is 15.8. The molecule has 7 nitrogen and oxygen atoms in total. The summed E-state index contributed by atoms with van der Waals surface area (Å²) in [6.07, 6.45) is -1.23. The summed E-state index contributed by atoms with van der Waals surface area (Å²) < 4.78 is 31.6. The van der Waals surface area contributed by atoms with E-state index >= 15 is 0 Å². The Labute approximate surface area is 113 Å². The molecule has 1 unspecified atom stereocenters. The molecule has 0 radical (unpaired) electrons. The van der Waals surface area contributed by atoms with Gasteiger partial charge in [0.25, 0.3) is 0 Å². The van der Waals surface area contributed by atoms with Crippen LogP contribution in [0.15, 0.2) is 0 Å². The number of hydrogen-bond acceptors (Lipinski definition) is 4. The van der Waals surface area contributed by atoms with Gasteiger partial charge in [0.1, 0.15) is 6.10 Å². The Kier molecular flexibility index (Phi) is 13.3. The molecule has 0 saturated carbocycles. The summed E-state index contributed by atoms with van der Waals surface area (Å²) in [6, 6.07) is 0. The molecule has 0 fully saturated rings. The number of rotatable bonds is 1. The standard InChI is InChI=1S/C3H6O3.K.H2O4S.H/c1-2(4)3(5)6;;1-5(2,3)4;/h2,4H,1H3,(H,5,6);;(H2,1,2,3,4);/q;+1;;-1. The van der Waals surface area contributed by atoms with Gasteiger partial charge >= 0.3 is 67.8 Å². The van der Waals surface area contributed by atoms with Crippen molar-refractivity contribution in [2.45, 2.75) is 13.0 Å². The molecule has 0 aromatic rings. The number of hydrogen-bond donors (Lipinski definition) is 4. The molecule has 0 aliphatic rings. The van der Waals surface area contributed by atoms with E-state index < -0.39 is 22.5 Å². The van der Waals surface area contributed by atoms with Crippen LogP contribution >= 0.6 is 0 Å². The van der Waals surface area contributed by atoms with Gasteiger partial charge in [-0.2, -0.15) is 8.42 Å². The van der Waals surface area contributed by atoms with Gasteiger partial charge in [-0.1, -0.05) is 0 Å². The number of carboxylic acid groups (broad SMARTS) is 1. The van der Waals surface area contributed by atoms with Crippen LogP contribution in [0, 0.1) is 0 Å². The van der Waals surface area contributed by atoms with Gasteiger partial charge in [-0.25, -0.2) is 4.79 Å². The zero-order chi connectivity index (χ0) is 9.65. The molecular formula is C3H9KO7S. The second-order valence-electron chi connectivity index (χ2n) is 1.46. The second kappa shape index (κ2) is 8.53. The molecule has 12 heavy (non-hydrogen) atoms. The molecule has 4 N–H and O–H groups in total. The van der Waals surface area contributed by atoms with E-state index in [-0.39, 0.29) is 52.8 Å². The first-order valence-electron chi connectivity index (χ1n) is 2.25. The molecule has 0 aromatic carbocycles. The normalized spacial score (nSPS) is 11.7. The number of aliphatic hydroxyl groups is 1. The van der Waals surface area contributed by atoms with E-state index in [1.807, 2.05) is 0 Å². The summed E-state index contributed by atoms with van der Waals surface area (Å²) in [6.45, 7) is 1.20. The van der Waals surface area contributed by atoms with Crippen LogP contribution in [-0.4, -0.2) is 39.8 Å². The first-order chi connectivity index (χ1) is 4.64. The first kappa shape index (κ1) is 18.7. The number of carbonyl (C=O) groups is 1. The van der Waals surface area contributed by atoms with Gasteiger partial charge in [-0.15, -0.1) is 0 Å². The van der Waals surface area contributed by atoms with Crippen molar-refractivity contribution in [2.75, 3.05) is 0 Å². The molecule has 0 spiro atoms. The molecular weight excluding hydrogens is 219 g/mol. The average Bonchev–Trinajstić information content (AvgIpc) is 1.59. The van der Waals surface area contributed by atoms with Gasteiger partial charge < -0.3 is 11.6 Å². The van der Waals surface area contributed by atoms with E-state index in [0.29, 0.717) is 0 Å². The van der Waals surface area contributed by atoms with Crippen molar-refractivity contribution in [1.29, 1.82) is 0 Å². The summed E-state index contributed by atoms with van der Waals surface area (Å²) in [5.41, 5.74) is 0. The van der Waals surface area contributed by atoms with Crippen LogP contribution in [0.3, 0.4) is 0 Å². The van der Waals surface area contributed by atoms with Gasteiger partial charge in [0.15, 0.2) is 0 Å². The summed E-state index contributed by atoms with van der Waals surface area (Å²) >= 11 is 0. The monoisotopic (exact) mass is 228 g/mol. The van der Waals surface area contributed by atoms with Crippen LogP contribution in [0.1, 0.15) is 8.35 Å². The summed E-state index contributed by atoms with van der Waals surface area (Å²) in [4.78, 5) is 9.45. The Morgan fingerprint density at radius 1 is 1.42 bits per heavy atom. The van der Waals surface area contributed by atoms with Crippen molar-refractivity contribution >= 4 is 16.4 Å². The van der Waals surface area contributed by atoms with Crippen LogP contribution < -0.4 is 51.4 Å². The van der Waals surface area contributed by atoms with Crippen molar-refractivity contribution in [3.8, 4) is 0 Å². The predicted octanol–water partition coefficient (Wildman–Crippen LogP) is -4.08. The molecule has 0 aromatic heterocycles. The Balaban J connectivity index is -0.0000000546. The maximum Gasteiger partial charge on any atom is 1.00 e. The average molecular weight is 228 g/mol. The van der Waals surface area contributed by atoms with Crippen molar-refractivity contribution in [3.63, 3.8) is 0 Å². The smallest absolute Gasteiger partial charge is 1.00 e. The molecule has 70 valence electrons. The SMILES string of the molecule is CC(O)C(=O)O.O=S(=O)(O)O.[H-].[K+]. The van der Waals surface area contributed by atoms with E-state index in [4.69, 9.17) is 27.7 Å². The van der Waals surface area contributed by atoms with Gasteiger partial charge in [0.2, 0.25) is 0 Å². The minimum atomic E-state index is -4.67. The van der Waals surface area contributed by atoms with Crippen LogP contribution in [0.2, 0.25) is 0 Å². The molecule has 0 rings (SSSR count). The van der Waals surface area contributed by atoms with Gasteiger partial charge in [0.05, 0.1) is 0 Å². The third-order valence-electron chi connectivity index (χ3n) is 0.357. The summed E-state index contributed by atoms with van der Waals surface area (Å²) in [7, 11) is -4.67. The van der Waals surface area contributed by atoms with Crippen molar-refractivity contribution in [2.24, 2.45) is 0 Å². The van der Waals surface area contributed by atoms with E-state index in [1.165, 1.54) is 6.92 Å². The molecule has 0 amide bonds. The second-order valence-corrected chi connectivity index (χ2v) is 2.36. The first-order valence-corrected chi connectivity index (χ1v) is 3.65. The van der Waals surface area contributed by atoms with E-state index in [1.54, 1.807) is 0 Å². The Hall–Kier alpha value is 0.936. The largest absolute Gasteiger partial charge is 1.00 e. The van der Waals surface area contributed by atoms with E-state index in [9.17, 15) is 4.79 Å². The molecule has 0 aliphatic carbocycles. The maximum atomic E-state index is 9.45. The fourth-order valence-electron chi connectivity index (χ4n) is 0. The van der Waals surface area contributed by atoms with Gasteiger partial charge in [0, 0.05) is 0 Å². The zero-order valence-electron chi connectivity index (χ0n) is 7.50. The number of aliphatic hydroxyl groups excluding tert-OH is 1. The quantitative estimate of drug-likeness (QED) is 0.265. The fraction of sp³-hybridized carbons (Fsp3) is 0.667. The van der Waals surface area contributed by atoms with E-state index in [2.05, 4.69) is 0 Å². The van der Waals surface area contributed by atoms with Crippen LogP contribution in [0.4, 0.5) is 0 Å². The topological polar surface area (TPSA) is 132 Å². The number of carboxylic acids is 1. The molecule has 0 bridgehead atoms. The van der Waals surface area contributed by atoms with Crippen molar-refractivity contribution in [3.05, 3.63) is 0 Å². The van der Waals surface area contributed by atoms with E-state index in [0.717, 1.165) is 0 Å². The molecule has 0 saturated heterocycles. The predicted molar refractivity (Wildman–Crippen MR) is 34.6 cm³/mol. The third-order valence-corrected chi connectivity index (χ3v) is 0.357. The van der Waals surface area contributed by atoms with Gasteiger partial charge in [-0.3, -0.25) is 9.11 Å². The van der Waals surface area contributed by atoms with Crippen molar-refractivity contribution in [1.82, 2.24) is 0 Å². The number of aliphatic carboxylic acids is 1. The minimum absolute atomic E-state index is 0. The Morgan fingerprint density at radius 2 is 1.50 bits per heavy atom. The van der Waals surface area contributed by atoms with Crippen LogP contribution in [0.5, 0.6) is 0 Å². The third kappa shape index (κ3) is 44.3.